The summed E-state index contributed by atoms with van der Waals surface area (Å²) in [5, 5.41) is 0. The van der Waals surface area contributed by atoms with Crippen molar-refractivity contribution in [2.75, 3.05) is 0 Å². The summed E-state index contributed by atoms with van der Waals surface area (Å²) in [7, 11) is 0. The van der Waals surface area contributed by atoms with Crippen molar-refractivity contribution in [1.82, 2.24) is 0 Å². The second-order valence-electron chi connectivity index (χ2n) is 4.93. The molecular weight excluding hydrogens is 156 g/mol. The van der Waals surface area contributed by atoms with Crippen molar-refractivity contribution < 1.29 is 0 Å². The third-order valence-electron chi connectivity index (χ3n) is 3.46. The predicted molar refractivity (Wildman–Crippen MR) is 61.9 cm³/mol. The van der Waals surface area contributed by atoms with E-state index in [2.05, 4.69) is 34.6 Å². The van der Waals surface area contributed by atoms with Crippen LogP contribution in [0.2, 0.25) is 0 Å². The van der Waals surface area contributed by atoms with Gasteiger partial charge in [0.25, 0.3) is 0 Å². The molecule has 0 N–H and O–H groups in total. The van der Waals surface area contributed by atoms with E-state index in [0.29, 0.717) is 0 Å². The highest BCUT2D eigenvalue weighted by Gasteiger charge is 2.14. The van der Waals surface area contributed by atoms with E-state index in [1.54, 1.807) is 0 Å². The first-order valence-electron chi connectivity index (χ1n) is 6.09. The molecule has 0 aromatic carbocycles. The zero-order valence-electron chi connectivity index (χ0n) is 10.3. The molecule has 0 aromatic heterocycles. The maximum absolute atomic E-state index is 2.41. The van der Waals surface area contributed by atoms with Gasteiger partial charge in [0.15, 0.2) is 0 Å². The smallest absolute Gasteiger partial charge is 0.0394 e. The van der Waals surface area contributed by atoms with Crippen LogP contribution in [0, 0.1) is 17.8 Å². The summed E-state index contributed by atoms with van der Waals surface area (Å²) in [4.78, 5) is 0. The van der Waals surface area contributed by atoms with E-state index in [1.807, 2.05) is 0 Å². The highest BCUT2D eigenvalue weighted by molar-refractivity contribution is 4.65. The van der Waals surface area contributed by atoms with Crippen LogP contribution in [0.1, 0.15) is 66.7 Å². The summed E-state index contributed by atoms with van der Waals surface area (Å²) in [6.45, 7) is 11.8. The van der Waals surface area contributed by atoms with Crippen molar-refractivity contribution in [1.29, 1.82) is 0 Å². The molecule has 0 rings (SSSR count). The molecule has 2 unspecified atom stereocenters. The molecule has 0 heteroatoms. The topological polar surface area (TPSA) is 0 Å². The monoisotopic (exact) mass is 184 g/mol. The summed E-state index contributed by atoms with van der Waals surface area (Å²) in [5.41, 5.74) is 0. The Morgan fingerprint density at radius 3 is 1.92 bits per heavy atom. The molecule has 0 saturated carbocycles. The van der Waals surface area contributed by atoms with Crippen molar-refractivity contribution in [3.05, 3.63) is 0 Å². The average molecular weight is 184 g/mol. The van der Waals surface area contributed by atoms with Crippen LogP contribution in [0.5, 0.6) is 0 Å². The van der Waals surface area contributed by atoms with Crippen molar-refractivity contribution in [3.63, 3.8) is 0 Å². The van der Waals surface area contributed by atoms with Gasteiger partial charge in [-0.1, -0.05) is 66.7 Å². The molecule has 0 bridgehead atoms. The molecule has 0 aliphatic heterocycles. The van der Waals surface area contributed by atoms with Crippen molar-refractivity contribution >= 4 is 0 Å². The Morgan fingerprint density at radius 1 is 0.846 bits per heavy atom. The Bertz CT molecular complexity index is 105. The van der Waals surface area contributed by atoms with E-state index < -0.39 is 0 Å². The summed E-state index contributed by atoms with van der Waals surface area (Å²) in [6, 6.07) is 0. The number of unbranched alkanes of at least 4 members (excludes halogenated alkanes) is 3. The maximum Gasteiger partial charge on any atom is -0.0394 e. The van der Waals surface area contributed by atoms with Crippen LogP contribution in [0.25, 0.3) is 0 Å². The largest absolute Gasteiger partial charge is 0.0654 e. The molecule has 2 atom stereocenters. The first-order chi connectivity index (χ1) is 6.09. The van der Waals surface area contributed by atoms with E-state index in [0.717, 1.165) is 17.8 Å². The molecule has 80 valence electrons. The van der Waals surface area contributed by atoms with Gasteiger partial charge >= 0.3 is 0 Å². The molecule has 0 fully saturated rings. The number of hydrogen-bond donors (Lipinski definition) is 0. The second kappa shape index (κ2) is 7.41. The lowest BCUT2D eigenvalue weighted by molar-refractivity contribution is 0.275. The first-order valence-corrected chi connectivity index (χ1v) is 6.09. The SMILES string of the molecule is CCCCCCC(C)C(C)C(C)C. The van der Waals surface area contributed by atoms with Crippen LogP contribution in [0.15, 0.2) is 0 Å². The minimum Gasteiger partial charge on any atom is -0.0654 e. The average Bonchev–Trinajstić information content (AvgIpc) is 2.10. The fraction of sp³-hybridized carbons (Fsp3) is 1.00. The summed E-state index contributed by atoms with van der Waals surface area (Å²) >= 11 is 0. The van der Waals surface area contributed by atoms with Gasteiger partial charge in [-0.3, -0.25) is 0 Å². The van der Waals surface area contributed by atoms with Crippen LogP contribution in [0.3, 0.4) is 0 Å². The molecule has 0 saturated heterocycles. The molecule has 0 aliphatic carbocycles. The summed E-state index contributed by atoms with van der Waals surface area (Å²) < 4.78 is 0. The lowest BCUT2D eigenvalue weighted by Crippen LogP contribution is -2.14. The Balaban J connectivity index is 3.44. The van der Waals surface area contributed by atoms with Crippen LogP contribution < -0.4 is 0 Å². The Labute approximate surface area is 85.1 Å². The van der Waals surface area contributed by atoms with Crippen LogP contribution >= 0.6 is 0 Å². The van der Waals surface area contributed by atoms with E-state index in [4.69, 9.17) is 0 Å². The molecule has 13 heavy (non-hydrogen) atoms. The van der Waals surface area contributed by atoms with Gasteiger partial charge in [0.05, 0.1) is 0 Å². The lowest BCUT2D eigenvalue weighted by Gasteiger charge is -2.23. The standard InChI is InChI=1S/C13H28/c1-6-7-8-9-10-12(4)13(5)11(2)3/h11-13H,6-10H2,1-5H3. The predicted octanol–water partition coefficient (Wildman–Crippen LogP) is 4.89. The normalized spacial score (nSPS) is 16.2. The van der Waals surface area contributed by atoms with Crippen molar-refractivity contribution in [3.8, 4) is 0 Å². The molecule has 0 aromatic rings. The molecule has 0 nitrogen and oxygen atoms in total. The van der Waals surface area contributed by atoms with Crippen LogP contribution in [-0.2, 0) is 0 Å². The summed E-state index contributed by atoms with van der Waals surface area (Å²) in [6.07, 6.45) is 7.08. The van der Waals surface area contributed by atoms with E-state index in [9.17, 15) is 0 Å². The van der Waals surface area contributed by atoms with Gasteiger partial charge in [0.2, 0.25) is 0 Å². The Hall–Kier alpha value is 0. The molecular formula is C13H28. The summed E-state index contributed by atoms with van der Waals surface area (Å²) in [5.74, 6) is 2.65. The van der Waals surface area contributed by atoms with Gasteiger partial charge in [0.1, 0.15) is 0 Å². The van der Waals surface area contributed by atoms with Gasteiger partial charge in [-0.25, -0.2) is 0 Å². The minimum absolute atomic E-state index is 0.848. The van der Waals surface area contributed by atoms with Gasteiger partial charge in [-0.15, -0.1) is 0 Å². The third kappa shape index (κ3) is 6.12. The number of rotatable bonds is 7. The fourth-order valence-corrected chi connectivity index (χ4v) is 1.81. The van der Waals surface area contributed by atoms with Crippen molar-refractivity contribution in [2.24, 2.45) is 17.8 Å². The second-order valence-corrected chi connectivity index (χ2v) is 4.93. The Morgan fingerprint density at radius 2 is 1.46 bits per heavy atom. The third-order valence-corrected chi connectivity index (χ3v) is 3.46. The lowest BCUT2D eigenvalue weighted by atomic mass is 9.83. The van der Waals surface area contributed by atoms with Gasteiger partial charge in [-0.05, 0) is 17.8 Å². The molecule has 0 heterocycles. The first kappa shape index (κ1) is 13.0. The zero-order chi connectivity index (χ0) is 10.3. The van der Waals surface area contributed by atoms with Gasteiger partial charge in [-0.2, -0.15) is 0 Å². The molecule has 0 amide bonds. The quantitative estimate of drug-likeness (QED) is 0.494. The van der Waals surface area contributed by atoms with Gasteiger partial charge < -0.3 is 0 Å². The Kier molecular flexibility index (Phi) is 7.41. The fourth-order valence-electron chi connectivity index (χ4n) is 1.81. The van der Waals surface area contributed by atoms with E-state index >= 15 is 0 Å². The zero-order valence-corrected chi connectivity index (χ0v) is 10.3. The maximum atomic E-state index is 2.41. The van der Waals surface area contributed by atoms with E-state index in [1.165, 1.54) is 32.1 Å². The molecule has 0 spiro atoms. The number of hydrogen-bond acceptors (Lipinski definition) is 0. The highest BCUT2D eigenvalue weighted by Crippen LogP contribution is 2.24. The minimum atomic E-state index is 0.848. The molecule has 0 radical (unpaired) electrons. The van der Waals surface area contributed by atoms with E-state index in [-0.39, 0.29) is 0 Å². The highest BCUT2D eigenvalue weighted by atomic mass is 14.2. The van der Waals surface area contributed by atoms with Crippen LogP contribution in [0.4, 0.5) is 0 Å². The molecule has 0 aliphatic rings. The van der Waals surface area contributed by atoms with Crippen molar-refractivity contribution in [2.45, 2.75) is 66.7 Å². The van der Waals surface area contributed by atoms with Gasteiger partial charge in [0, 0.05) is 0 Å². The van der Waals surface area contributed by atoms with Crippen LogP contribution in [-0.4, -0.2) is 0 Å².